The van der Waals surface area contributed by atoms with Gasteiger partial charge in [-0.3, -0.25) is 4.79 Å². The third kappa shape index (κ3) is 3.39. The number of carbonyl (C=O) groups excluding carboxylic acids is 1. The maximum absolute atomic E-state index is 11.2. The summed E-state index contributed by atoms with van der Waals surface area (Å²) in [6, 6.07) is 0. The number of rotatable bonds is 4. The number of likely N-dealkylation sites (tertiary alicyclic amines) is 1. The van der Waals surface area contributed by atoms with Crippen LogP contribution in [0.1, 0.15) is 33.1 Å². The highest BCUT2D eigenvalue weighted by atomic mass is 16.3. The molecule has 0 radical (unpaired) electrons. The van der Waals surface area contributed by atoms with Gasteiger partial charge in [0.1, 0.15) is 5.78 Å². The molecule has 0 spiro atoms. The van der Waals surface area contributed by atoms with Crippen LogP contribution in [0.2, 0.25) is 0 Å². The molecular formula is C11H21NO2. The molecule has 1 heterocycles. The summed E-state index contributed by atoms with van der Waals surface area (Å²) in [5.41, 5.74) is 0. The average Bonchev–Trinajstić information content (AvgIpc) is 2.18. The van der Waals surface area contributed by atoms with Crippen molar-refractivity contribution in [2.24, 2.45) is 5.92 Å². The van der Waals surface area contributed by atoms with Crippen molar-refractivity contribution in [1.82, 2.24) is 4.90 Å². The Morgan fingerprint density at radius 2 is 2.36 bits per heavy atom. The van der Waals surface area contributed by atoms with E-state index in [1.165, 1.54) is 0 Å². The number of hydrogen-bond acceptors (Lipinski definition) is 3. The van der Waals surface area contributed by atoms with Crippen molar-refractivity contribution in [3.8, 4) is 0 Å². The fourth-order valence-corrected chi connectivity index (χ4v) is 1.98. The van der Waals surface area contributed by atoms with E-state index >= 15 is 0 Å². The quantitative estimate of drug-likeness (QED) is 0.736. The molecule has 1 N–H and O–H groups in total. The monoisotopic (exact) mass is 199 g/mol. The summed E-state index contributed by atoms with van der Waals surface area (Å²) in [6.07, 6.45) is 2.66. The summed E-state index contributed by atoms with van der Waals surface area (Å²) in [7, 11) is 0. The minimum Gasteiger partial charge on any atom is -0.392 e. The molecular weight excluding hydrogens is 178 g/mol. The lowest BCUT2D eigenvalue weighted by molar-refractivity contribution is -0.122. The molecule has 0 aromatic carbocycles. The molecule has 2 unspecified atom stereocenters. The van der Waals surface area contributed by atoms with Crippen LogP contribution in [-0.4, -0.2) is 41.5 Å². The largest absolute Gasteiger partial charge is 0.392 e. The Bertz CT molecular complexity index is 194. The maximum atomic E-state index is 11.2. The van der Waals surface area contributed by atoms with Gasteiger partial charge in [0, 0.05) is 19.0 Å². The van der Waals surface area contributed by atoms with E-state index in [0.29, 0.717) is 5.78 Å². The third-order valence-corrected chi connectivity index (χ3v) is 3.02. The molecule has 14 heavy (non-hydrogen) atoms. The van der Waals surface area contributed by atoms with E-state index in [1.807, 2.05) is 6.92 Å². The highest BCUT2D eigenvalue weighted by Gasteiger charge is 2.23. The second-order valence-electron chi connectivity index (χ2n) is 4.27. The minimum absolute atomic E-state index is 0.202. The number of nitrogens with zero attached hydrogens (tertiary/aromatic N) is 1. The molecule has 3 heteroatoms. The lowest BCUT2D eigenvalue weighted by Gasteiger charge is -2.32. The highest BCUT2D eigenvalue weighted by Crippen LogP contribution is 2.17. The Hall–Kier alpha value is -0.410. The smallest absolute Gasteiger partial charge is 0.134 e. The van der Waals surface area contributed by atoms with Gasteiger partial charge >= 0.3 is 0 Å². The zero-order chi connectivity index (χ0) is 10.6. The van der Waals surface area contributed by atoms with Crippen molar-refractivity contribution in [1.29, 1.82) is 0 Å². The molecule has 1 saturated heterocycles. The van der Waals surface area contributed by atoms with E-state index in [1.54, 1.807) is 6.92 Å². The van der Waals surface area contributed by atoms with Gasteiger partial charge in [0.25, 0.3) is 0 Å². The van der Waals surface area contributed by atoms with Gasteiger partial charge < -0.3 is 10.0 Å². The molecule has 0 aromatic heterocycles. The second-order valence-corrected chi connectivity index (χ2v) is 4.27. The Kier molecular flexibility index (Phi) is 4.55. The van der Waals surface area contributed by atoms with Crippen molar-refractivity contribution in [2.75, 3.05) is 19.6 Å². The van der Waals surface area contributed by atoms with Crippen LogP contribution in [0, 0.1) is 5.92 Å². The van der Waals surface area contributed by atoms with Gasteiger partial charge in [0.15, 0.2) is 0 Å². The molecule has 1 fully saturated rings. The molecule has 0 aliphatic carbocycles. The van der Waals surface area contributed by atoms with Crippen LogP contribution >= 0.6 is 0 Å². The summed E-state index contributed by atoms with van der Waals surface area (Å²) in [5, 5.41) is 9.51. The zero-order valence-electron chi connectivity index (χ0n) is 9.20. The Labute approximate surface area is 86.1 Å². The van der Waals surface area contributed by atoms with Gasteiger partial charge in [0.05, 0.1) is 6.10 Å². The summed E-state index contributed by atoms with van der Waals surface area (Å²) < 4.78 is 0. The Morgan fingerprint density at radius 3 is 2.93 bits per heavy atom. The molecule has 1 aliphatic heterocycles. The molecule has 0 amide bonds. The number of β-amino-alcohol motifs (C(OH)–C–C–N with tert-alkyl or cyclic N) is 1. The fraction of sp³-hybridized carbons (Fsp3) is 0.909. The van der Waals surface area contributed by atoms with Crippen LogP contribution in [0.15, 0.2) is 0 Å². The van der Waals surface area contributed by atoms with Crippen LogP contribution in [0.4, 0.5) is 0 Å². The van der Waals surface area contributed by atoms with Gasteiger partial charge in [-0.15, -0.1) is 0 Å². The van der Waals surface area contributed by atoms with E-state index in [4.69, 9.17) is 0 Å². The van der Waals surface area contributed by atoms with Gasteiger partial charge in [0.2, 0.25) is 0 Å². The first-order valence-corrected chi connectivity index (χ1v) is 5.54. The van der Waals surface area contributed by atoms with Crippen molar-refractivity contribution in [2.45, 2.75) is 39.2 Å². The van der Waals surface area contributed by atoms with Crippen molar-refractivity contribution in [3.05, 3.63) is 0 Å². The van der Waals surface area contributed by atoms with Crippen LogP contribution in [0.3, 0.4) is 0 Å². The number of Topliss-reactive ketones (excluding diaryl/α,β-unsaturated/α-hetero) is 1. The van der Waals surface area contributed by atoms with Gasteiger partial charge in [-0.1, -0.05) is 6.92 Å². The molecule has 3 nitrogen and oxygen atoms in total. The Morgan fingerprint density at radius 1 is 1.64 bits per heavy atom. The number of carbonyl (C=O) groups is 1. The number of aliphatic hydroxyl groups is 1. The molecule has 0 saturated carbocycles. The summed E-state index contributed by atoms with van der Waals surface area (Å²) >= 11 is 0. The molecule has 1 rings (SSSR count). The Balaban J connectivity index is 2.36. The van der Waals surface area contributed by atoms with Crippen LogP contribution in [-0.2, 0) is 4.79 Å². The van der Waals surface area contributed by atoms with E-state index in [2.05, 4.69) is 4.90 Å². The number of ketones is 1. The number of aliphatic hydroxyl groups excluding tert-OH is 1. The zero-order valence-corrected chi connectivity index (χ0v) is 9.20. The molecule has 2 atom stereocenters. The molecule has 1 aliphatic rings. The SMILES string of the molecule is CCC(O)CN1CCCC(C(C)=O)C1. The lowest BCUT2D eigenvalue weighted by atomic mass is 9.94. The first-order chi connectivity index (χ1) is 6.63. The lowest BCUT2D eigenvalue weighted by Crippen LogP contribution is -2.41. The summed E-state index contributed by atoms with van der Waals surface area (Å²) in [6.45, 7) is 6.25. The molecule has 0 bridgehead atoms. The normalized spacial score (nSPS) is 26.1. The van der Waals surface area contributed by atoms with E-state index in [9.17, 15) is 9.90 Å². The van der Waals surface area contributed by atoms with E-state index < -0.39 is 0 Å². The van der Waals surface area contributed by atoms with Crippen LogP contribution in [0.5, 0.6) is 0 Å². The maximum Gasteiger partial charge on any atom is 0.134 e. The fourth-order valence-electron chi connectivity index (χ4n) is 1.98. The van der Waals surface area contributed by atoms with Crippen LogP contribution in [0.25, 0.3) is 0 Å². The van der Waals surface area contributed by atoms with Gasteiger partial charge in [-0.25, -0.2) is 0 Å². The predicted molar refractivity (Wildman–Crippen MR) is 56.1 cm³/mol. The van der Waals surface area contributed by atoms with Crippen molar-refractivity contribution >= 4 is 5.78 Å². The highest BCUT2D eigenvalue weighted by molar-refractivity contribution is 5.78. The van der Waals surface area contributed by atoms with E-state index in [-0.39, 0.29) is 12.0 Å². The number of piperidine rings is 1. The summed E-state index contributed by atoms with van der Waals surface area (Å²) in [5.74, 6) is 0.494. The standard InChI is InChI=1S/C11H21NO2/c1-3-11(14)8-12-6-4-5-10(7-12)9(2)13/h10-11,14H,3-8H2,1-2H3. The first kappa shape index (κ1) is 11.7. The van der Waals surface area contributed by atoms with Crippen LogP contribution < -0.4 is 0 Å². The minimum atomic E-state index is -0.235. The van der Waals surface area contributed by atoms with Crippen molar-refractivity contribution in [3.63, 3.8) is 0 Å². The van der Waals surface area contributed by atoms with E-state index in [0.717, 1.165) is 38.9 Å². The average molecular weight is 199 g/mol. The van der Waals surface area contributed by atoms with Crippen molar-refractivity contribution < 1.29 is 9.90 Å². The third-order valence-electron chi connectivity index (χ3n) is 3.02. The second kappa shape index (κ2) is 5.47. The van der Waals surface area contributed by atoms with Gasteiger partial charge in [-0.05, 0) is 32.7 Å². The first-order valence-electron chi connectivity index (χ1n) is 5.54. The topological polar surface area (TPSA) is 40.5 Å². The molecule has 0 aromatic rings. The summed E-state index contributed by atoms with van der Waals surface area (Å²) in [4.78, 5) is 13.4. The van der Waals surface area contributed by atoms with Gasteiger partial charge in [-0.2, -0.15) is 0 Å². The number of hydrogen-bond donors (Lipinski definition) is 1. The predicted octanol–water partition coefficient (Wildman–Crippen LogP) is 1.06. The molecule has 82 valence electrons.